The fraction of sp³-hybridized carbons (Fsp3) is 0.0417. The third-order valence-electron chi connectivity index (χ3n) is 4.97. The molecular weight excluding hydrogens is 481 g/mol. The predicted molar refractivity (Wildman–Crippen MR) is 124 cm³/mol. The van der Waals surface area contributed by atoms with E-state index < -0.39 is 22.8 Å². The van der Waals surface area contributed by atoms with Gasteiger partial charge in [-0.25, -0.2) is 14.1 Å². The van der Waals surface area contributed by atoms with Gasteiger partial charge in [0.25, 0.3) is 17.5 Å². The molecule has 0 atom stereocenters. The molecule has 0 unspecified atom stereocenters. The van der Waals surface area contributed by atoms with Gasteiger partial charge >= 0.3 is 6.03 Å². The SMILES string of the molecule is O=C1NC(=O)N(c2cccc([N+](=O)[O-])c2)C(=O)/C1=C/c1ccc(OCc2ccc(F)cc2)c(Cl)c1. The number of halogens is 2. The topological polar surface area (TPSA) is 119 Å². The van der Waals surface area contributed by atoms with E-state index in [1.54, 1.807) is 18.2 Å². The van der Waals surface area contributed by atoms with Gasteiger partial charge in [0.2, 0.25) is 0 Å². The van der Waals surface area contributed by atoms with Crippen molar-refractivity contribution >= 4 is 46.9 Å². The number of ether oxygens (including phenoxy) is 1. The van der Waals surface area contributed by atoms with E-state index >= 15 is 0 Å². The highest BCUT2D eigenvalue weighted by Gasteiger charge is 2.37. The minimum absolute atomic E-state index is 0.0670. The van der Waals surface area contributed by atoms with E-state index in [0.29, 0.717) is 16.2 Å². The summed E-state index contributed by atoms with van der Waals surface area (Å²) in [5, 5.41) is 13.3. The fourth-order valence-corrected chi connectivity index (χ4v) is 3.51. The molecule has 0 aliphatic carbocycles. The normalized spacial score (nSPS) is 14.7. The van der Waals surface area contributed by atoms with Crippen LogP contribution in [0.25, 0.3) is 6.08 Å². The number of nitrogens with zero attached hydrogens (tertiary/aromatic N) is 2. The molecule has 9 nitrogen and oxygen atoms in total. The number of nitrogens with one attached hydrogen (secondary N) is 1. The Kier molecular flexibility index (Phi) is 6.56. The van der Waals surface area contributed by atoms with Crippen molar-refractivity contribution in [3.8, 4) is 5.75 Å². The zero-order valence-corrected chi connectivity index (χ0v) is 18.5. The number of urea groups is 1. The van der Waals surface area contributed by atoms with E-state index in [0.717, 1.165) is 11.6 Å². The molecule has 0 radical (unpaired) electrons. The monoisotopic (exact) mass is 495 g/mol. The first-order valence-corrected chi connectivity index (χ1v) is 10.4. The van der Waals surface area contributed by atoms with Gasteiger partial charge in [0.15, 0.2) is 0 Å². The molecule has 4 amide bonds. The summed E-state index contributed by atoms with van der Waals surface area (Å²) in [4.78, 5) is 48.7. The zero-order chi connectivity index (χ0) is 25.1. The quantitative estimate of drug-likeness (QED) is 0.230. The average molecular weight is 496 g/mol. The largest absolute Gasteiger partial charge is 0.487 e. The van der Waals surface area contributed by atoms with E-state index in [4.69, 9.17) is 16.3 Å². The molecule has 3 aromatic rings. The first kappa shape index (κ1) is 23.6. The number of anilines is 1. The van der Waals surface area contributed by atoms with Crippen LogP contribution in [0, 0.1) is 15.9 Å². The Labute approximate surface area is 202 Å². The number of rotatable bonds is 6. The van der Waals surface area contributed by atoms with Gasteiger partial charge in [-0.1, -0.05) is 35.9 Å². The third-order valence-corrected chi connectivity index (χ3v) is 5.27. The molecule has 11 heteroatoms. The Morgan fingerprint density at radius 1 is 1.06 bits per heavy atom. The van der Waals surface area contributed by atoms with Crippen molar-refractivity contribution in [2.24, 2.45) is 0 Å². The number of hydrogen-bond donors (Lipinski definition) is 1. The molecule has 1 aliphatic rings. The second-order valence-electron chi connectivity index (χ2n) is 7.34. The zero-order valence-electron chi connectivity index (χ0n) is 17.7. The summed E-state index contributed by atoms with van der Waals surface area (Å²) >= 11 is 6.28. The second-order valence-corrected chi connectivity index (χ2v) is 7.75. The number of carbonyl (C=O) groups is 3. The van der Waals surface area contributed by atoms with Crippen LogP contribution in [0.1, 0.15) is 11.1 Å². The van der Waals surface area contributed by atoms with Crippen molar-refractivity contribution < 1.29 is 28.4 Å². The Hall–Kier alpha value is -4.57. The van der Waals surface area contributed by atoms with Crippen molar-refractivity contribution in [2.75, 3.05) is 4.90 Å². The van der Waals surface area contributed by atoms with Gasteiger partial charge in [0.1, 0.15) is 23.7 Å². The number of non-ortho nitro benzene ring substituents is 1. The summed E-state index contributed by atoms with van der Waals surface area (Å²) in [5.74, 6) is -1.91. The molecule has 1 heterocycles. The van der Waals surface area contributed by atoms with E-state index in [1.165, 1.54) is 48.5 Å². The highest BCUT2D eigenvalue weighted by atomic mass is 35.5. The maximum absolute atomic E-state index is 13.0. The van der Waals surface area contributed by atoms with Crippen molar-refractivity contribution in [3.05, 3.63) is 104 Å². The van der Waals surface area contributed by atoms with E-state index in [2.05, 4.69) is 5.32 Å². The lowest BCUT2D eigenvalue weighted by atomic mass is 10.1. The summed E-state index contributed by atoms with van der Waals surface area (Å²) in [5.41, 5.74) is 0.336. The molecule has 1 N–H and O–H groups in total. The summed E-state index contributed by atoms with van der Waals surface area (Å²) < 4.78 is 18.7. The number of hydrogen-bond acceptors (Lipinski definition) is 6. The van der Waals surface area contributed by atoms with Gasteiger partial charge in [-0.3, -0.25) is 25.0 Å². The third kappa shape index (κ3) is 5.17. The standard InChI is InChI=1S/C24H15ClFN3O6/c25-20-11-15(6-9-21(20)35-13-14-4-7-16(26)8-5-14)10-19-22(30)27-24(32)28(23(19)31)17-2-1-3-18(12-17)29(33)34/h1-12H,13H2,(H,27,30,32)/b19-10+. The number of nitro groups is 1. The minimum Gasteiger partial charge on any atom is -0.487 e. The number of carbonyl (C=O) groups excluding carboxylic acids is 3. The van der Waals surface area contributed by atoms with Gasteiger partial charge < -0.3 is 4.74 Å². The molecule has 1 saturated heterocycles. The lowest BCUT2D eigenvalue weighted by Gasteiger charge is -2.26. The van der Waals surface area contributed by atoms with Gasteiger partial charge in [-0.2, -0.15) is 0 Å². The molecule has 4 rings (SSSR count). The Bertz CT molecular complexity index is 1390. The van der Waals surface area contributed by atoms with E-state index in [9.17, 15) is 28.9 Å². The van der Waals surface area contributed by atoms with Crippen LogP contribution >= 0.6 is 11.6 Å². The van der Waals surface area contributed by atoms with Crippen LogP contribution in [0.3, 0.4) is 0 Å². The predicted octanol–water partition coefficient (Wildman–Crippen LogP) is 4.63. The highest BCUT2D eigenvalue weighted by Crippen LogP contribution is 2.29. The van der Waals surface area contributed by atoms with E-state index in [1.807, 2.05) is 0 Å². The van der Waals surface area contributed by atoms with Crippen molar-refractivity contribution in [3.63, 3.8) is 0 Å². The number of benzene rings is 3. The Morgan fingerprint density at radius 2 is 1.80 bits per heavy atom. The lowest BCUT2D eigenvalue weighted by molar-refractivity contribution is -0.384. The van der Waals surface area contributed by atoms with Gasteiger partial charge in [-0.05, 0) is 47.5 Å². The van der Waals surface area contributed by atoms with Crippen LogP contribution in [0.2, 0.25) is 5.02 Å². The summed E-state index contributed by atoms with van der Waals surface area (Å²) in [6.07, 6.45) is 1.24. The molecule has 0 aromatic heterocycles. The number of imide groups is 2. The molecule has 0 spiro atoms. The van der Waals surface area contributed by atoms with Crippen LogP contribution in [-0.2, 0) is 16.2 Å². The molecular formula is C24H15ClFN3O6. The molecule has 3 aromatic carbocycles. The first-order chi connectivity index (χ1) is 16.7. The molecule has 0 bridgehead atoms. The number of nitro benzene ring substituents is 1. The number of amides is 4. The molecule has 35 heavy (non-hydrogen) atoms. The molecule has 0 saturated carbocycles. The van der Waals surface area contributed by atoms with E-state index in [-0.39, 0.29) is 34.4 Å². The van der Waals surface area contributed by atoms with Gasteiger partial charge in [-0.15, -0.1) is 0 Å². The smallest absolute Gasteiger partial charge is 0.335 e. The maximum atomic E-state index is 13.0. The van der Waals surface area contributed by atoms with Crippen LogP contribution < -0.4 is 15.0 Å². The minimum atomic E-state index is -1.03. The lowest BCUT2D eigenvalue weighted by Crippen LogP contribution is -2.54. The molecule has 1 fully saturated rings. The van der Waals surface area contributed by atoms with Crippen molar-refractivity contribution in [1.82, 2.24) is 5.32 Å². The van der Waals surface area contributed by atoms with Crippen LogP contribution in [0.4, 0.5) is 20.6 Å². The fourth-order valence-electron chi connectivity index (χ4n) is 3.27. The molecule has 1 aliphatic heterocycles. The van der Waals surface area contributed by atoms with Crippen LogP contribution in [-0.4, -0.2) is 22.8 Å². The summed E-state index contributed by atoms with van der Waals surface area (Å²) in [6, 6.07) is 14.2. The Balaban J connectivity index is 1.57. The van der Waals surface area contributed by atoms with Gasteiger partial charge in [0, 0.05) is 12.1 Å². The maximum Gasteiger partial charge on any atom is 0.335 e. The first-order valence-electron chi connectivity index (χ1n) is 10.1. The van der Waals surface area contributed by atoms with Gasteiger partial charge in [0.05, 0.1) is 15.6 Å². The van der Waals surface area contributed by atoms with Crippen LogP contribution in [0.5, 0.6) is 5.75 Å². The van der Waals surface area contributed by atoms with Crippen molar-refractivity contribution in [1.29, 1.82) is 0 Å². The molecule has 176 valence electrons. The highest BCUT2D eigenvalue weighted by molar-refractivity contribution is 6.39. The second kappa shape index (κ2) is 9.74. The Morgan fingerprint density at radius 3 is 2.49 bits per heavy atom. The van der Waals surface area contributed by atoms with Crippen molar-refractivity contribution in [2.45, 2.75) is 6.61 Å². The average Bonchev–Trinajstić information content (AvgIpc) is 2.82. The number of barbiturate groups is 1. The van der Waals surface area contributed by atoms with Crippen LogP contribution in [0.15, 0.2) is 72.3 Å². The summed E-state index contributed by atoms with van der Waals surface area (Å²) in [6.45, 7) is 0.140. The summed E-state index contributed by atoms with van der Waals surface area (Å²) in [7, 11) is 0.